The number of esters is 2. The first-order valence-electron chi connectivity index (χ1n) is 23.8. The van der Waals surface area contributed by atoms with Gasteiger partial charge in [0.1, 0.15) is 66.9 Å². The van der Waals surface area contributed by atoms with E-state index in [2.05, 4.69) is 31.9 Å². The second-order valence-electron chi connectivity index (χ2n) is 19.1. The van der Waals surface area contributed by atoms with E-state index in [1.807, 2.05) is 0 Å². The Morgan fingerprint density at radius 2 is 1.43 bits per heavy atom. The predicted molar refractivity (Wildman–Crippen MR) is 256 cm³/mol. The first kappa shape index (κ1) is 56.0. The van der Waals surface area contributed by atoms with Crippen molar-refractivity contribution in [2.45, 2.75) is 128 Å². The Morgan fingerprint density at radius 1 is 0.806 bits per heavy atom. The summed E-state index contributed by atoms with van der Waals surface area (Å²) in [5.74, 6) is -10.8. The van der Waals surface area contributed by atoms with E-state index < -0.39 is 150 Å². The van der Waals surface area contributed by atoms with Crippen molar-refractivity contribution < 1.29 is 72.3 Å². The van der Waals surface area contributed by atoms with Crippen molar-refractivity contribution in [2.24, 2.45) is 17.8 Å². The number of aliphatic hydroxyl groups excluding tert-OH is 2. The molecule has 0 radical (unpaired) electrons. The molecule has 8 N–H and O–H groups in total. The van der Waals surface area contributed by atoms with Gasteiger partial charge < -0.3 is 66.0 Å². The van der Waals surface area contributed by atoms with E-state index in [-0.39, 0.29) is 18.6 Å². The van der Waals surface area contributed by atoms with Gasteiger partial charge in [0, 0.05) is 19.5 Å². The fourth-order valence-electron chi connectivity index (χ4n) is 7.98. The van der Waals surface area contributed by atoms with E-state index in [1.165, 1.54) is 58.2 Å². The smallest absolute Gasteiger partial charge is 0.332 e. The third kappa shape index (κ3) is 14.4. The lowest BCUT2D eigenvalue weighted by molar-refractivity contribution is -0.160. The van der Waals surface area contributed by atoms with Crippen LogP contribution in [0.2, 0.25) is 0 Å². The van der Waals surface area contributed by atoms with E-state index in [0.29, 0.717) is 11.3 Å². The molecule has 22 nitrogen and oxygen atoms in total. The van der Waals surface area contributed by atoms with Gasteiger partial charge in [0.2, 0.25) is 41.4 Å². The van der Waals surface area contributed by atoms with Crippen LogP contribution in [0.1, 0.15) is 72.6 Å². The number of likely N-dealkylation sites (N-methyl/N-ethyl adjacent to an activating group) is 1. The zero-order valence-corrected chi connectivity index (χ0v) is 41.8. The Bertz CT molecular complexity index is 2340. The fraction of sp³-hybridized carbons (Fsp3) is 0.540. The van der Waals surface area contributed by atoms with Crippen molar-refractivity contribution in [2.75, 3.05) is 26.8 Å². The van der Waals surface area contributed by atoms with Crippen molar-refractivity contribution in [1.82, 2.24) is 36.8 Å². The van der Waals surface area contributed by atoms with Gasteiger partial charge in [-0.15, -0.1) is 0 Å². The van der Waals surface area contributed by atoms with Crippen molar-refractivity contribution in [3.63, 3.8) is 0 Å². The monoisotopic (exact) mass is 1010 g/mol. The number of nitrogens with one attached hydrogen (secondary N) is 6. The van der Waals surface area contributed by atoms with Crippen LogP contribution in [0.5, 0.6) is 5.75 Å². The number of carbonyl (C=O) groups is 9. The molecular weight excluding hydrogens is 939 g/mol. The number of rotatable bonds is 8. The van der Waals surface area contributed by atoms with Crippen LogP contribution in [0.4, 0.5) is 0 Å². The van der Waals surface area contributed by atoms with Crippen molar-refractivity contribution in [3.05, 3.63) is 77.9 Å². The molecule has 4 bridgehead atoms. The summed E-state index contributed by atoms with van der Waals surface area (Å²) in [5, 5.41) is 36.9. The van der Waals surface area contributed by atoms with Gasteiger partial charge in [-0.25, -0.2) is 4.79 Å². The largest absolute Gasteiger partial charge is 0.487 e. The van der Waals surface area contributed by atoms with Gasteiger partial charge in [0.15, 0.2) is 6.04 Å². The highest BCUT2D eigenvalue weighted by atomic mass is 16.6. The van der Waals surface area contributed by atoms with Crippen LogP contribution in [-0.4, -0.2) is 155 Å². The SMILES string of the molecule is CC(C)C1NC(=O)C(NC(=O)C(C)C(O)C(C)C)C(C)OC(=O)C2COC(=O)CNC(=O)C=CC3(CO3)C(C)Oc3ccc(cc3)C(NC1=O)C(=O)N(C)C(Cc1ccccc1)C(=O)NC(C(C)O)C(=O)N2. The Balaban J connectivity index is 1.71. The van der Waals surface area contributed by atoms with Gasteiger partial charge in [-0.05, 0) is 61.9 Å². The summed E-state index contributed by atoms with van der Waals surface area (Å²) >= 11 is 0. The molecule has 4 aliphatic rings. The molecule has 1 spiro atoms. The number of aliphatic hydroxyl groups is 2. The maximum Gasteiger partial charge on any atom is 0.332 e. The Labute approximate surface area is 417 Å². The number of nitrogens with zero attached hydrogens (tertiary/aromatic N) is 1. The molecule has 2 aromatic carbocycles. The average Bonchev–Trinajstić information content (AvgIpc) is 4.14. The van der Waals surface area contributed by atoms with Crippen molar-refractivity contribution >= 4 is 53.3 Å². The van der Waals surface area contributed by atoms with Crippen LogP contribution in [-0.2, 0) is 63.8 Å². The van der Waals surface area contributed by atoms with Gasteiger partial charge in [-0.3, -0.25) is 38.4 Å². The summed E-state index contributed by atoms with van der Waals surface area (Å²) < 4.78 is 22.9. The molecule has 392 valence electrons. The molecule has 4 aliphatic heterocycles. The molecule has 0 aromatic heterocycles. The molecule has 6 rings (SSSR count). The number of hydrogen-bond acceptors (Lipinski definition) is 15. The van der Waals surface area contributed by atoms with Crippen molar-refractivity contribution in [1.29, 1.82) is 0 Å². The van der Waals surface area contributed by atoms with Crippen molar-refractivity contribution in [3.8, 4) is 5.75 Å². The number of carbonyl (C=O) groups excluding carboxylic acids is 9. The highest BCUT2D eigenvalue weighted by Gasteiger charge is 2.49. The molecule has 72 heavy (non-hydrogen) atoms. The summed E-state index contributed by atoms with van der Waals surface area (Å²) in [4.78, 5) is 128. The molecule has 12 atom stereocenters. The highest BCUT2D eigenvalue weighted by Crippen LogP contribution is 2.35. The Hall–Kier alpha value is -6.91. The second kappa shape index (κ2) is 24.5. The number of epoxide rings is 1. The van der Waals surface area contributed by atoms with E-state index in [9.17, 15) is 48.6 Å². The van der Waals surface area contributed by atoms with Crippen LogP contribution in [0.15, 0.2) is 66.7 Å². The van der Waals surface area contributed by atoms with Gasteiger partial charge >= 0.3 is 11.9 Å². The molecule has 0 saturated carbocycles. The zero-order valence-electron chi connectivity index (χ0n) is 41.8. The van der Waals surface area contributed by atoms with Crippen LogP contribution in [0, 0.1) is 17.8 Å². The van der Waals surface area contributed by atoms with E-state index in [1.54, 1.807) is 65.0 Å². The van der Waals surface area contributed by atoms with Gasteiger partial charge in [0.25, 0.3) is 0 Å². The lowest BCUT2D eigenvalue weighted by atomic mass is 9.93. The molecule has 7 amide bonds. The number of fused-ring (bicyclic) bond motifs is 9. The number of amides is 7. The minimum atomic E-state index is -1.94. The third-order valence-electron chi connectivity index (χ3n) is 12.8. The number of ether oxygens (including phenoxy) is 4. The number of benzene rings is 2. The second-order valence-corrected chi connectivity index (χ2v) is 19.1. The minimum Gasteiger partial charge on any atom is -0.487 e. The average molecular weight is 1010 g/mol. The highest BCUT2D eigenvalue weighted by molar-refractivity contribution is 5.98. The fourth-order valence-corrected chi connectivity index (χ4v) is 7.98. The molecular formula is C50H67N7O15. The van der Waals surface area contributed by atoms with E-state index >= 15 is 4.79 Å². The summed E-state index contributed by atoms with van der Waals surface area (Å²) in [6.07, 6.45) is -2.69. The summed E-state index contributed by atoms with van der Waals surface area (Å²) in [7, 11) is 1.32. The quantitative estimate of drug-likeness (QED) is 0.119. The molecule has 2 aromatic rings. The Morgan fingerprint density at radius 3 is 2.03 bits per heavy atom. The minimum absolute atomic E-state index is 0.142. The number of hydrogen-bond donors (Lipinski definition) is 8. The van der Waals surface area contributed by atoms with Gasteiger partial charge in [0.05, 0.1) is 24.7 Å². The normalized spacial score (nSPS) is 28.7. The van der Waals surface area contributed by atoms with Gasteiger partial charge in [-0.1, -0.05) is 77.1 Å². The summed E-state index contributed by atoms with van der Waals surface area (Å²) in [6.45, 7) is 10.6. The van der Waals surface area contributed by atoms with E-state index in [4.69, 9.17) is 18.9 Å². The maximum atomic E-state index is 15.1. The molecule has 2 fully saturated rings. The third-order valence-corrected chi connectivity index (χ3v) is 12.8. The maximum absolute atomic E-state index is 15.1. The lowest BCUT2D eigenvalue weighted by Crippen LogP contribution is -2.61. The van der Waals surface area contributed by atoms with E-state index in [0.717, 1.165) is 11.0 Å². The summed E-state index contributed by atoms with van der Waals surface area (Å²) in [6, 6.07) is 4.64. The molecule has 2 saturated heterocycles. The lowest BCUT2D eigenvalue weighted by Gasteiger charge is -2.33. The number of cyclic esters (lactones) is 1. The molecule has 4 heterocycles. The molecule has 12 unspecified atom stereocenters. The van der Waals surface area contributed by atoms with Crippen LogP contribution >= 0.6 is 0 Å². The summed E-state index contributed by atoms with van der Waals surface area (Å²) in [5.41, 5.74) is -0.255. The van der Waals surface area contributed by atoms with Crippen LogP contribution in [0.25, 0.3) is 0 Å². The first-order chi connectivity index (χ1) is 33.9. The topological polar surface area (TPSA) is 310 Å². The first-order valence-corrected chi connectivity index (χ1v) is 23.8. The molecule has 0 aliphatic carbocycles. The zero-order chi connectivity index (χ0) is 53.2. The standard InChI is InChI=1S/C50H67N7O15/c1-25(2)38-45(64)56-41-32-15-17-33(18-16-32)72-30(8)50(24-70-50)20-19-36(59)51-22-37(60)69-23-34(49(68)71-29(7)40(47(66)53-38)55-43(62)27(5)42(61)26(3)4)52-46(65)39(28(6)58)54-44(63)35(57(9)48(41)67)21-31-13-11-10-12-14-31/h10-20,25-30,34-35,38-42,58,61H,21-24H2,1-9H3,(H,51,59)(H,52,65)(H,53,66)(H,54,63)(H,55,62)(H,56,64). The molecule has 22 heteroatoms. The Kier molecular flexibility index (Phi) is 19.0. The van der Waals surface area contributed by atoms with Gasteiger partial charge in [-0.2, -0.15) is 0 Å². The van der Waals surface area contributed by atoms with Crippen LogP contribution in [0.3, 0.4) is 0 Å². The van der Waals surface area contributed by atoms with Crippen LogP contribution < -0.4 is 36.6 Å². The predicted octanol–water partition coefficient (Wildman–Crippen LogP) is -0.747.